The third-order valence-electron chi connectivity index (χ3n) is 2.98. The molecule has 24 heavy (non-hydrogen) atoms. The molecule has 0 saturated carbocycles. The maximum atomic E-state index is 12.8. The van der Waals surface area contributed by atoms with Gasteiger partial charge in [0.2, 0.25) is 5.88 Å². The molecule has 2 heterocycles. The highest BCUT2D eigenvalue weighted by molar-refractivity contribution is 5.48. The average molecular weight is 342 g/mol. The van der Waals surface area contributed by atoms with Gasteiger partial charge in [0.25, 0.3) is 5.69 Å². The number of nitrogens with zero attached hydrogens (tertiary/aromatic N) is 3. The van der Waals surface area contributed by atoms with E-state index in [9.17, 15) is 23.3 Å². The molecule has 0 unspecified atom stereocenters. The minimum Gasteiger partial charge on any atom is -0.475 e. The van der Waals surface area contributed by atoms with Crippen LogP contribution in [0.3, 0.4) is 0 Å². The number of halogens is 3. The molecule has 0 spiro atoms. The van der Waals surface area contributed by atoms with Crippen LogP contribution in [0.2, 0.25) is 0 Å². The molecule has 0 aromatic carbocycles. The Labute approximate surface area is 134 Å². The Morgan fingerprint density at radius 1 is 1.38 bits per heavy atom. The Balaban J connectivity index is 1.94. The molecule has 0 aliphatic heterocycles. The van der Waals surface area contributed by atoms with Crippen LogP contribution in [-0.4, -0.2) is 28.0 Å². The van der Waals surface area contributed by atoms with Crippen LogP contribution < -0.4 is 10.1 Å². The number of alkyl halides is 3. The van der Waals surface area contributed by atoms with E-state index in [-0.39, 0.29) is 18.8 Å². The number of hydrogen-bond acceptors (Lipinski definition) is 6. The van der Waals surface area contributed by atoms with Crippen LogP contribution in [-0.2, 0) is 6.18 Å². The molecule has 0 radical (unpaired) electrons. The number of hydrogen-bond donors (Lipinski definition) is 1. The zero-order valence-corrected chi connectivity index (χ0v) is 12.5. The normalized spacial score (nSPS) is 11.2. The third kappa shape index (κ3) is 4.31. The van der Waals surface area contributed by atoms with Gasteiger partial charge in [0, 0.05) is 12.3 Å². The molecular formula is C14H13F3N4O3. The summed E-state index contributed by atoms with van der Waals surface area (Å²) in [5.41, 5.74) is -0.551. The number of nitrogens with one attached hydrogen (secondary N) is 1. The Morgan fingerprint density at radius 3 is 2.75 bits per heavy atom. The lowest BCUT2D eigenvalue weighted by atomic mass is 10.2. The van der Waals surface area contributed by atoms with Gasteiger partial charge in [-0.25, -0.2) is 9.97 Å². The van der Waals surface area contributed by atoms with Gasteiger partial charge in [-0.15, -0.1) is 0 Å². The Kier molecular flexibility index (Phi) is 5.17. The topological polar surface area (TPSA) is 90.2 Å². The molecule has 0 fully saturated rings. The molecule has 7 nitrogen and oxygen atoms in total. The molecule has 10 heteroatoms. The van der Waals surface area contributed by atoms with E-state index < -0.39 is 22.5 Å². The predicted molar refractivity (Wildman–Crippen MR) is 78.9 cm³/mol. The lowest BCUT2D eigenvalue weighted by molar-refractivity contribution is -0.385. The van der Waals surface area contributed by atoms with Crippen molar-refractivity contribution >= 4 is 11.5 Å². The standard InChI is InChI=1S/C14H13F3N4O3/c1-9-7-10(21(22)23)8-20-12(9)18-5-6-24-13-11(14(15,16)17)3-2-4-19-13/h2-4,7-8H,5-6H2,1H3,(H,18,20). The maximum absolute atomic E-state index is 12.8. The van der Waals surface area contributed by atoms with Gasteiger partial charge in [-0.3, -0.25) is 10.1 Å². The van der Waals surface area contributed by atoms with Crippen LogP contribution in [0.4, 0.5) is 24.7 Å². The first-order chi connectivity index (χ1) is 11.3. The second-order valence-electron chi connectivity index (χ2n) is 4.75. The van der Waals surface area contributed by atoms with Gasteiger partial charge < -0.3 is 10.1 Å². The van der Waals surface area contributed by atoms with E-state index in [0.717, 1.165) is 12.3 Å². The van der Waals surface area contributed by atoms with E-state index in [1.807, 2.05) is 0 Å². The van der Waals surface area contributed by atoms with Crippen molar-refractivity contribution < 1.29 is 22.8 Å². The Bertz CT molecular complexity index is 737. The molecule has 0 saturated heterocycles. The fraction of sp³-hybridized carbons (Fsp3) is 0.286. The summed E-state index contributed by atoms with van der Waals surface area (Å²) in [5.74, 6) is -0.110. The molecule has 0 amide bonds. The van der Waals surface area contributed by atoms with Crippen LogP contribution >= 0.6 is 0 Å². The van der Waals surface area contributed by atoms with Gasteiger partial charge in [-0.1, -0.05) is 0 Å². The second-order valence-corrected chi connectivity index (χ2v) is 4.75. The van der Waals surface area contributed by atoms with Gasteiger partial charge in [0.15, 0.2) is 0 Å². The molecule has 2 rings (SSSR count). The number of anilines is 1. The van der Waals surface area contributed by atoms with Crippen LogP contribution in [0, 0.1) is 17.0 Å². The first kappa shape index (κ1) is 17.4. The first-order valence-corrected chi connectivity index (χ1v) is 6.79. The minimum atomic E-state index is -4.55. The number of rotatable bonds is 6. The quantitative estimate of drug-likeness (QED) is 0.492. The smallest absolute Gasteiger partial charge is 0.421 e. The monoisotopic (exact) mass is 342 g/mol. The van der Waals surface area contributed by atoms with E-state index in [4.69, 9.17) is 4.74 Å². The molecule has 128 valence electrons. The van der Waals surface area contributed by atoms with Crippen molar-refractivity contribution in [2.75, 3.05) is 18.5 Å². The Hall–Kier alpha value is -2.91. The summed E-state index contributed by atoms with van der Waals surface area (Å²) in [7, 11) is 0. The molecule has 0 aliphatic rings. The predicted octanol–water partition coefficient (Wildman–Crippen LogP) is 3.20. The third-order valence-corrected chi connectivity index (χ3v) is 2.98. The highest BCUT2D eigenvalue weighted by Gasteiger charge is 2.34. The molecule has 2 aromatic rings. The number of ether oxygens (including phenoxy) is 1. The van der Waals surface area contributed by atoms with Crippen molar-refractivity contribution in [1.82, 2.24) is 9.97 Å². The van der Waals surface area contributed by atoms with Crippen LogP contribution in [0.15, 0.2) is 30.6 Å². The molecule has 2 aromatic heterocycles. The summed E-state index contributed by atoms with van der Waals surface area (Å²) >= 11 is 0. The van der Waals surface area contributed by atoms with Crippen molar-refractivity contribution in [3.8, 4) is 5.88 Å². The first-order valence-electron chi connectivity index (χ1n) is 6.79. The van der Waals surface area contributed by atoms with E-state index in [2.05, 4.69) is 15.3 Å². The largest absolute Gasteiger partial charge is 0.475 e. The SMILES string of the molecule is Cc1cc([N+](=O)[O-])cnc1NCCOc1ncccc1C(F)(F)F. The van der Waals surface area contributed by atoms with Gasteiger partial charge in [0.05, 0.1) is 11.5 Å². The number of pyridine rings is 2. The van der Waals surface area contributed by atoms with E-state index >= 15 is 0 Å². The second kappa shape index (κ2) is 7.11. The molecule has 1 N–H and O–H groups in total. The lowest BCUT2D eigenvalue weighted by Crippen LogP contribution is -2.16. The number of aromatic nitrogens is 2. The minimum absolute atomic E-state index is 0.0851. The summed E-state index contributed by atoms with van der Waals surface area (Å²) in [4.78, 5) is 17.5. The van der Waals surface area contributed by atoms with Gasteiger partial charge >= 0.3 is 6.18 Å². The van der Waals surface area contributed by atoms with E-state index in [1.54, 1.807) is 6.92 Å². The van der Waals surface area contributed by atoms with Gasteiger partial charge in [-0.05, 0) is 24.6 Å². The van der Waals surface area contributed by atoms with Crippen LogP contribution in [0.25, 0.3) is 0 Å². The maximum Gasteiger partial charge on any atom is 0.421 e. The summed E-state index contributed by atoms with van der Waals surface area (Å²) in [6.45, 7) is 1.70. The lowest BCUT2D eigenvalue weighted by Gasteiger charge is -2.13. The van der Waals surface area contributed by atoms with E-state index in [1.165, 1.54) is 18.3 Å². The highest BCUT2D eigenvalue weighted by atomic mass is 19.4. The molecule has 0 bridgehead atoms. The van der Waals surface area contributed by atoms with Gasteiger partial charge in [0.1, 0.15) is 24.2 Å². The van der Waals surface area contributed by atoms with Crippen molar-refractivity contribution in [1.29, 1.82) is 0 Å². The zero-order chi connectivity index (χ0) is 17.7. The van der Waals surface area contributed by atoms with Gasteiger partial charge in [-0.2, -0.15) is 13.2 Å². The zero-order valence-electron chi connectivity index (χ0n) is 12.5. The van der Waals surface area contributed by atoms with Crippen molar-refractivity contribution in [3.05, 3.63) is 51.8 Å². The van der Waals surface area contributed by atoms with E-state index in [0.29, 0.717) is 11.4 Å². The number of nitro groups is 1. The number of aryl methyl sites for hydroxylation is 1. The summed E-state index contributed by atoms with van der Waals surface area (Å²) in [6.07, 6.45) is -2.25. The summed E-state index contributed by atoms with van der Waals surface area (Å²) in [5, 5.41) is 13.5. The van der Waals surface area contributed by atoms with Crippen LogP contribution in [0.5, 0.6) is 5.88 Å². The summed E-state index contributed by atoms with van der Waals surface area (Å²) < 4.78 is 43.4. The fourth-order valence-corrected chi connectivity index (χ4v) is 1.88. The highest BCUT2D eigenvalue weighted by Crippen LogP contribution is 2.34. The fourth-order valence-electron chi connectivity index (χ4n) is 1.88. The Morgan fingerprint density at radius 2 is 2.12 bits per heavy atom. The van der Waals surface area contributed by atoms with Crippen molar-refractivity contribution in [2.24, 2.45) is 0 Å². The molecule has 0 aliphatic carbocycles. The molecular weight excluding hydrogens is 329 g/mol. The van der Waals surface area contributed by atoms with Crippen molar-refractivity contribution in [2.45, 2.75) is 13.1 Å². The molecule has 0 atom stereocenters. The van der Waals surface area contributed by atoms with Crippen molar-refractivity contribution in [3.63, 3.8) is 0 Å². The summed E-state index contributed by atoms with van der Waals surface area (Å²) in [6, 6.07) is 3.41. The average Bonchev–Trinajstić information content (AvgIpc) is 2.52. The van der Waals surface area contributed by atoms with Crippen LogP contribution in [0.1, 0.15) is 11.1 Å².